The van der Waals surface area contributed by atoms with E-state index in [0.717, 1.165) is 57.6 Å². The van der Waals surface area contributed by atoms with E-state index >= 15 is 0 Å². The number of nitrogens with one attached hydrogen (secondary N) is 2. The summed E-state index contributed by atoms with van der Waals surface area (Å²) >= 11 is 6.03. The lowest BCUT2D eigenvalue weighted by molar-refractivity contribution is 0.342. The highest BCUT2D eigenvalue weighted by Gasteiger charge is 2.40. The molecule has 6 heteroatoms. The number of amidine groups is 1. The predicted octanol–water partition coefficient (Wildman–Crippen LogP) is 6.15. The second-order valence-corrected chi connectivity index (χ2v) is 10.1. The van der Waals surface area contributed by atoms with Crippen LogP contribution < -0.4 is 10.6 Å². The molecule has 0 bridgehead atoms. The number of hydrogen-bond acceptors (Lipinski definition) is 5. The van der Waals surface area contributed by atoms with E-state index in [9.17, 15) is 5.26 Å². The van der Waals surface area contributed by atoms with Crippen LogP contribution in [0.1, 0.15) is 78.6 Å². The van der Waals surface area contributed by atoms with E-state index in [2.05, 4.69) is 54.5 Å². The third-order valence-corrected chi connectivity index (χ3v) is 7.81. The molecule has 2 unspecified atom stereocenters. The summed E-state index contributed by atoms with van der Waals surface area (Å²) in [5, 5.41) is 16.2. The van der Waals surface area contributed by atoms with Crippen molar-refractivity contribution in [1.29, 1.82) is 5.26 Å². The minimum absolute atomic E-state index is 0.370. The summed E-state index contributed by atoms with van der Waals surface area (Å²) in [6.45, 7) is 9.15. The van der Waals surface area contributed by atoms with E-state index in [1.807, 2.05) is 14.1 Å². The van der Waals surface area contributed by atoms with Crippen molar-refractivity contribution in [1.82, 2.24) is 15.5 Å². The quantitative estimate of drug-likeness (QED) is 0.197. The van der Waals surface area contributed by atoms with Crippen LogP contribution in [0.3, 0.4) is 0 Å². The van der Waals surface area contributed by atoms with E-state index in [-0.39, 0.29) is 6.17 Å². The fourth-order valence-corrected chi connectivity index (χ4v) is 5.29. The Bertz CT molecular complexity index is 800. The molecule has 5 nitrogen and oxygen atoms in total. The van der Waals surface area contributed by atoms with Crippen LogP contribution in [0, 0.1) is 22.7 Å². The molecule has 0 radical (unpaired) electrons. The van der Waals surface area contributed by atoms with Gasteiger partial charge in [0, 0.05) is 18.6 Å². The molecule has 1 heterocycles. The summed E-state index contributed by atoms with van der Waals surface area (Å²) in [4.78, 5) is 7.26. The Morgan fingerprint density at radius 2 is 2.09 bits per heavy atom. The standard InChI is InChI=1S/C28H46ClN5/c1-6-22(3)25(12-18-29)23-9-10-24(11-15-28(16-17-28)14-8-19-31-4)27(33-20-13-23)34(7-2)26(21-30)32-5/h11-12,18,23,26,31-32H,6-10,13-17,19-20H2,1-5H3/b18-12-,24-11-,25-22-,33-27?. The first kappa shape index (κ1) is 28.6. The number of halogens is 1. The van der Waals surface area contributed by atoms with Crippen molar-refractivity contribution in [3.05, 3.63) is 34.4 Å². The van der Waals surface area contributed by atoms with Gasteiger partial charge < -0.3 is 10.2 Å². The molecule has 2 rings (SSSR count). The van der Waals surface area contributed by atoms with Crippen LogP contribution in [-0.4, -0.2) is 50.6 Å². The SMILES string of the molecule is CC/C(C)=C(/C=C\Cl)C1CCN=C(N(CC)C(C#N)NC)/C(=C\CC2(CCCNC)CC2)CC1. The summed E-state index contributed by atoms with van der Waals surface area (Å²) in [6, 6.07) is 2.41. The number of aliphatic imine (C=N–C) groups is 1. The van der Waals surface area contributed by atoms with Crippen molar-refractivity contribution < 1.29 is 0 Å². The molecule has 1 fully saturated rings. The van der Waals surface area contributed by atoms with E-state index in [1.165, 1.54) is 42.4 Å². The first-order valence-electron chi connectivity index (χ1n) is 13.2. The third-order valence-electron chi connectivity index (χ3n) is 7.69. The zero-order valence-electron chi connectivity index (χ0n) is 22.1. The summed E-state index contributed by atoms with van der Waals surface area (Å²) in [5.41, 5.74) is 6.22. The Labute approximate surface area is 213 Å². The predicted molar refractivity (Wildman–Crippen MR) is 146 cm³/mol. The van der Waals surface area contributed by atoms with Gasteiger partial charge in [-0.3, -0.25) is 10.3 Å². The van der Waals surface area contributed by atoms with E-state index < -0.39 is 0 Å². The molecule has 1 aliphatic heterocycles. The number of allylic oxidation sites excluding steroid dienone is 4. The van der Waals surface area contributed by atoms with Gasteiger partial charge in [0.1, 0.15) is 11.9 Å². The minimum Gasteiger partial charge on any atom is -0.329 e. The second kappa shape index (κ2) is 14.7. The van der Waals surface area contributed by atoms with E-state index in [4.69, 9.17) is 16.6 Å². The van der Waals surface area contributed by atoms with Crippen molar-refractivity contribution >= 4 is 17.4 Å². The van der Waals surface area contributed by atoms with Crippen LogP contribution >= 0.6 is 11.6 Å². The lowest BCUT2D eigenvalue weighted by atomic mass is 9.84. The molecule has 2 aliphatic rings. The van der Waals surface area contributed by atoms with Gasteiger partial charge in [0.05, 0.1) is 0 Å². The Balaban J connectivity index is 2.35. The molecule has 0 spiro atoms. The van der Waals surface area contributed by atoms with Gasteiger partial charge >= 0.3 is 0 Å². The zero-order chi connectivity index (χ0) is 25.0. The number of nitriles is 1. The molecule has 1 aliphatic carbocycles. The number of nitrogens with zero attached hydrogens (tertiary/aromatic N) is 3. The fraction of sp³-hybridized carbons (Fsp3) is 0.714. The van der Waals surface area contributed by atoms with Crippen LogP contribution in [0.5, 0.6) is 0 Å². The van der Waals surface area contributed by atoms with Crippen molar-refractivity contribution in [2.75, 3.05) is 33.7 Å². The largest absolute Gasteiger partial charge is 0.329 e. The van der Waals surface area contributed by atoms with Gasteiger partial charge in [-0.05, 0) is 121 Å². The number of hydrogen-bond donors (Lipinski definition) is 2. The van der Waals surface area contributed by atoms with E-state index in [0.29, 0.717) is 11.3 Å². The molecule has 2 atom stereocenters. The highest BCUT2D eigenvalue weighted by atomic mass is 35.5. The van der Waals surface area contributed by atoms with Crippen molar-refractivity contribution in [2.24, 2.45) is 16.3 Å². The topological polar surface area (TPSA) is 63.5 Å². The van der Waals surface area contributed by atoms with Gasteiger partial charge in [-0.25, -0.2) is 0 Å². The Kier molecular flexibility index (Phi) is 12.4. The molecule has 0 amide bonds. The van der Waals surface area contributed by atoms with Crippen LogP contribution in [0.25, 0.3) is 0 Å². The molecule has 0 saturated heterocycles. The van der Waals surface area contributed by atoms with Crippen LogP contribution in [0.15, 0.2) is 39.4 Å². The summed E-state index contributed by atoms with van der Waals surface area (Å²) in [7, 11) is 3.88. The lowest BCUT2D eigenvalue weighted by Gasteiger charge is -2.33. The van der Waals surface area contributed by atoms with Crippen LogP contribution in [-0.2, 0) is 0 Å². The lowest BCUT2D eigenvalue weighted by Crippen LogP contribution is -2.47. The monoisotopic (exact) mass is 487 g/mol. The molecular weight excluding hydrogens is 442 g/mol. The average Bonchev–Trinajstić information content (AvgIpc) is 3.61. The number of likely N-dealkylation sites (N-methyl/N-ethyl adjacent to an activating group) is 1. The molecule has 190 valence electrons. The zero-order valence-corrected chi connectivity index (χ0v) is 22.8. The van der Waals surface area contributed by atoms with Gasteiger partial charge in [-0.2, -0.15) is 5.26 Å². The Hall–Kier alpha value is -1.61. The normalized spacial score (nSPS) is 23.0. The second-order valence-electron chi connectivity index (χ2n) is 9.86. The highest BCUT2D eigenvalue weighted by Crippen LogP contribution is 2.53. The molecule has 0 aromatic heterocycles. The molecule has 0 aromatic rings. The summed E-state index contributed by atoms with van der Waals surface area (Å²) in [6.07, 6.45) is 14.6. The summed E-state index contributed by atoms with van der Waals surface area (Å²) in [5.74, 6) is 1.47. The van der Waals surface area contributed by atoms with Crippen molar-refractivity contribution in [3.8, 4) is 6.07 Å². The van der Waals surface area contributed by atoms with Crippen molar-refractivity contribution in [3.63, 3.8) is 0 Å². The van der Waals surface area contributed by atoms with Crippen LogP contribution in [0.2, 0.25) is 0 Å². The third kappa shape index (κ3) is 7.97. The van der Waals surface area contributed by atoms with Gasteiger partial charge in [0.25, 0.3) is 0 Å². The molecular formula is C28H46ClN5. The number of rotatable bonds is 12. The highest BCUT2D eigenvalue weighted by molar-refractivity contribution is 6.25. The van der Waals surface area contributed by atoms with Gasteiger partial charge in [-0.1, -0.05) is 30.2 Å². The Morgan fingerprint density at radius 3 is 2.65 bits per heavy atom. The maximum Gasteiger partial charge on any atom is 0.170 e. The van der Waals surface area contributed by atoms with Crippen LogP contribution in [0.4, 0.5) is 0 Å². The Morgan fingerprint density at radius 1 is 1.32 bits per heavy atom. The molecule has 0 aromatic carbocycles. The molecule has 2 N–H and O–H groups in total. The minimum atomic E-state index is -0.370. The maximum absolute atomic E-state index is 9.76. The first-order chi connectivity index (χ1) is 16.5. The first-order valence-corrected chi connectivity index (χ1v) is 13.6. The average molecular weight is 488 g/mol. The van der Waals surface area contributed by atoms with Crippen molar-refractivity contribution in [2.45, 2.75) is 84.7 Å². The van der Waals surface area contributed by atoms with Gasteiger partial charge in [0.15, 0.2) is 6.17 Å². The smallest absolute Gasteiger partial charge is 0.170 e. The van der Waals surface area contributed by atoms with E-state index in [1.54, 1.807) is 5.54 Å². The summed E-state index contributed by atoms with van der Waals surface area (Å²) < 4.78 is 0. The van der Waals surface area contributed by atoms with Gasteiger partial charge in [0.2, 0.25) is 0 Å². The maximum atomic E-state index is 9.76. The van der Waals surface area contributed by atoms with Gasteiger partial charge in [-0.15, -0.1) is 0 Å². The molecule has 34 heavy (non-hydrogen) atoms. The fourth-order valence-electron chi connectivity index (χ4n) is 5.15. The molecule has 1 saturated carbocycles.